The maximum Gasteiger partial charge on any atom is 0.202 e. The topological polar surface area (TPSA) is 68.0 Å². The van der Waals surface area contributed by atoms with Crippen LogP contribution in [0.25, 0.3) is 11.0 Å². The minimum atomic E-state index is -1.35. The molecule has 20 heavy (non-hydrogen) atoms. The molecular weight excluding hydrogens is 274 g/mol. The summed E-state index contributed by atoms with van der Waals surface area (Å²) in [5.74, 6) is 0.282. The van der Waals surface area contributed by atoms with Crippen LogP contribution in [0.5, 0.6) is 0 Å². The van der Waals surface area contributed by atoms with Crippen molar-refractivity contribution in [1.29, 1.82) is 0 Å². The van der Waals surface area contributed by atoms with Crippen LogP contribution in [0.4, 0.5) is 0 Å². The molecule has 0 amide bonds. The summed E-state index contributed by atoms with van der Waals surface area (Å²) in [7, 11) is -1.35. The van der Waals surface area contributed by atoms with E-state index in [0.717, 1.165) is 16.7 Å². The monoisotopic (exact) mass is 287 g/mol. The van der Waals surface area contributed by atoms with Gasteiger partial charge in [-0.2, -0.15) is 0 Å². The smallest absolute Gasteiger partial charge is 0.202 e. The maximum absolute atomic E-state index is 12.4. The van der Waals surface area contributed by atoms with Crippen molar-refractivity contribution in [2.75, 3.05) is 0 Å². The molecule has 3 rings (SSSR count). The summed E-state index contributed by atoms with van der Waals surface area (Å²) < 4.78 is 14.0. The second-order valence-corrected chi connectivity index (χ2v) is 5.61. The highest BCUT2D eigenvalue weighted by atomic mass is 32.2. The molecule has 0 bridgehead atoms. The Hall–Kier alpha value is -2.05. The van der Waals surface area contributed by atoms with Gasteiger partial charge in [-0.25, -0.2) is 4.98 Å². The fourth-order valence-corrected chi connectivity index (χ4v) is 3.22. The van der Waals surface area contributed by atoms with Gasteiger partial charge in [0.2, 0.25) is 5.16 Å². The standard InChI is InChI=1S/C14H13N3O2S/c18-10-17-13-7-2-1-6-12(13)16-14(17)20(19)9-11-5-3-4-8-15-11/h1-8,18H,9-10H2. The maximum atomic E-state index is 12.4. The summed E-state index contributed by atoms with van der Waals surface area (Å²) in [5, 5.41) is 9.87. The van der Waals surface area contributed by atoms with Crippen molar-refractivity contribution in [1.82, 2.24) is 14.5 Å². The predicted molar refractivity (Wildman–Crippen MR) is 76.3 cm³/mol. The van der Waals surface area contributed by atoms with Gasteiger partial charge < -0.3 is 5.11 Å². The summed E-state index contributed by atoms with van der Waals surface area (Å²) in [6, 6.07) is 12.9. The van der Waals surface area contributed by atoms with Crippen LogP contribution in [-0.4, -0.2) is 23.9 Å². The number of fused-ring (bicyclic) bond motifs is 1. The van der Waals surface area contributed by atoms with E-state index in [9.17, 15) is 9.32 Å². The average Bonchev–Trinajstić information content (AvgIpc) is 2.87. The Bertz CT molecular complexity index is 755. The van der Waals surface area contributed by atoms with Gasteiger partial charge in [-0.3, -0.25) is 13.8 Å². The normalized spacial score (nSPS) is 12.7. The molecule has 1 atom stereocenters. The first-order valence-electron chi connectivity index (χ1n) is 6.14. The quantitative estimate of drug-likeness (QED) is 0.793. The number of benzene rings is 1. The SMILES string of the molecule is O=S(Cc1ccccn1)c1nc2ccccc2n1CO. The number of aliphatic hydroxyl groups excluding tert-OH is 1. The molecule has 0 spiro atoms. The number of imidazole rings is 1. The summed E-state index contributed by atoms with van der Waals surface area (Å²) in [6.45, 7) is -0.246. The lowest BCUT2D eigenvalue weighted by molar-refractivity contribution is 0.204. The van der Waals surface area contributed by atoms with Crippen molar-refractivity contribution < 1.29 is 9.32 Å². The highest BCUT2D eigenvalue weighted by Gasteiger charge is 2.16. The third kappa shape index (κ3) is 2.35. The highest BCUT2D eigenvalue weighted by molar-refractivity contribution is 7.84. The molecule has 5 nitrogen and oxygen atoms in total. The first kappa shape index (κ1) is 13.0. The van der Waals surface area contributed by atoms with Crippen LogP contribution >= 0.6 is 0 Å². The van der Waals surface area contributed by atoms with E-state index in [1.165, 1.54) is 0 Å². The molecule has 2 aromatic heterocycles. The Labute approximate surface area is 118 Å². The number of pyridine rings is 1. The molecule has 0 saturated heterocycles. The number of hydrogen-bond donors (Lipinski definition) is 1. The Balaban J connectivity index is 1.99. The van der Waals surface area contributed by atoms with Gasteiger partial charge in [-0.1, -0.05) is 18.2 Å². The molecule has 3 aromatic rings. The van der Waals surface area contributed by atoms with E-state index < -0.39 is 10.8 Å². The number of para-hydroxylation sites is 2. The van der Waals surface area contributed by atoms with E-state index in [-0.39, 0.29) is 12.5 Å². The molecule has 0 aliphatic rings. The Kier molecular flexibility index (Phi) is 3.58. The second-order valence-electron chi connectivity index (χ2n) is 4.26. The van der Waals surface area contributed by atoms with E-state index in [2.05, 4.69) is 9.97 Å². The minimum Gasteiger partial charge on any atom is -0.376 e. The zero-order valence-corrected chi connectivity index (χ0v) is 11.5. The van der Waals surface area contributed by atoms with Crippen LogP contribution in [-0.2, 0) is 23.3 Å². The van der Waals surface area contributed by atoms with Gasteiger partial charge in [0.05, 0.1) is 33.3 Å². The minimum absolute atomic E-state index is 0.246. The van der Waals surface area contributed by atoms with Gasteiger partial charge in [-0.05, 0) is 24.3 Å². The lowest BCUT2D eigenvalue weighted by atomic mass is 10.3. The van der Waals surface area contributed by atoms with Crippen LogP contribution in [0.1, 0.15) is 5.69 Å². The molecular formula is C14H13N3O2S. The molecule has 2 heterocycles. The zero-order valence-electron chi connectivity index (χ0n) is 10.6. The fourth-order valence-electron chi connectivity index (χ4n) is 2.05. The molecule has 1 aromatic carbocycles. The molecule has 102 valence electrons. The molecule has 0 saturated carbocycles. The summed E-state index contributed by atoms with van der Waals surface area (Å²) >= 11 is 0. The molecule has 0 radical (unpaired) electrons. The van der Waals surface area contributed by atoms with E-state index in [1.807, 2.05) is 42.5 Å². The largest absolute Gasteiger partial charge is 0.376 e. The number of hydrogen-bond acceptors (Lipinski definition) is 4. The lowest BCUT2D eigenvalue weighted by Crippen LogP contribution is -2.08. The molecule has 0 fully saturated rings. The van der Waals surface area contributed by atoms with Crippen LogP contribution in [0.2, 0.25) is 0 Å². The van der Waals surface area contributed by atoms with Crippen molar-refractivity contribution in [3.8, 4) is 0 Å². The summed E-state index contributed by atoms with van der Waals surface area (Å²) in [6.07, 6.45) is 1.67. The van der Waals surface area contributed by atoms with Crippen molar-refractivity contribution in [2.24, 2.45) is 0 Å². The molecule has 0 aliphatic carbocycles. The highest BCUT2D eigenvalue weighted by Crippen LogP contribution is 2.19. The lowest BCUT2D eigenvalue weighted by Gasteiger charge is -2.04. The first-order chi connectivity index (χ1) is 9.79. The van der Waals surface area contributed by atoms with Gasteiger partial charge in [0.15, 0.2) is 0 Å². The number of nitrogens with zero attached hydrogens (tertiary/aromatic N) is 3. The molecule has 0 aliphatic heterocycles. The summed E-state index contributed by atoms with van der Waals surface area (Å²) in [5.41, 5.74) is 2.24. The summed E-state index contributed by atoms with van der Waals surface area (Å²) in [4.78, 5) is 8.52. The molecule has 1 N–H and O–H groups in total. The zero-order chi connectivity index (χ0) is 13.9. The van der Waals surface area contributed by atoms with E-state index >= 15 is 0 Å². The average molecular weight is 287 g/mol. The van der Waals surface area contributed by atoms with Crippen LogP contribution in [0.3, 0.4) is 0 Å². The van der Waals surface area contributed by atoms with Gasteiger partial charge >= 0.3 is 0 Å². The van der Waals surface area contributed by atoms with E-state index in [1.54, 1.807) is 10.8 Å². The van der Waals surface area contributed by atoms with Crippen LogP contribution in [0, 0.1) is 0 Å². The predicted octanol–water partition coefficient (Wildman–Crippen LogP) is 1.69. The van der Waals surface area contributed by atoms with Crippen molar-refractivity contribution in [3.63, 3.8) is 0 Å². The Morgan fingerprint density at radius 1 is 1.15 bits per heavy atom. The third-order valence-corrected chi connectivity index (χ3v) is 4.25. The molecule has 1 unspecified atom stereocenters. The van der Waals surface area contributed by atoms with Crippen LogP contribution < -0.4 is 0 Å². The number of aliphatic hydroxyl groups is 1. The first-order valence-corrected chi connectivity index (χ1v) is 7.46. The van der Waals surface area contributed by atoms with E-state index in [4.69, 9.17) is 0 Å². The van der Waals surface area contributed by atoms with Gasteiger partial charge in [0.1, 0.15) is 6.73 Å². The van der Waals surface area contributed by atoms with Crippen LogP contribution in [0.15, 0.2) is 53.8 Å². The number of aromatic nitrogens is 3. The second kappa shape index (κ2) is 5.52. The van der Waals surface area contributed by atoms with Crippen molar-refractivity contribution in [3.05, 3.63) is 54.4 Å². The van der Waals surface area contributed by atoms with Gasteiger partial charge in [0.25, 0.3) is 0 Å². The third-order valence-electron chi connectivity index (χ3n) is 2.97. The van der Waals surface area contributed by atoms with Gasteiger partial charge in [0, 0.05) is 6.20 Å². The van der Waals surface area contributed by atoms with Gasteiger partial charge in [-0.15, -0.1) is 0 Å². The Morgan fingerprint density at radius 3 is 2.70 bits per heavy atom. The van der Waals surface area contributed by atoms with Crippen molar-refractivity contribution >= 4 is 21.8 Å². The number of rotatable bonds is 4. The van der Waals surface area contributed by atoms with Crippen molar-refractivity contribution in [2.45, 2.75) is 17.6 Å². The molecule has 6 heteroatoms. The fraction of sp³-hybridized carbons (Fsp3) is 0.143. The Morgan fingerprint density at radius 2 is 1.95 bits per heavy atom. The van der Waals surface area contributed by atoms with E-state index in [0.29, 0.717) is 5.16 Å².